The second-order valence-electron chi connectivity index (χ2n) is 4.37. The topological polar surface area (TPSA) is 45.1 Å². The molecule has 0 aliphatic heterocycles. The van der Waals surface area contributed by atoms with Crippen molar-refractivity contribution in [1.29, 1.82) is 0 Å². The summed E-state index contributed by atoms with van der Waals surface area (Å²) in [6, 6.07) is 4.06. The van der Waals surface area contributed by atoms with Crippen molar-refractivity contribution in [3.63, 3.8) is 0 Å². The third kappa shape index (κ3) is 4.87. The molecule has 3 nitrogen and oxygen atoms in total. The summed E-state index contributed by atoms with van der Waals surface area (Å²) >= 11 is 0. The molecule has 86 valence electrons. The Morgan fingerprint density at radius 1 is 1.38 bits per heavy atom. The number of hydrogen-bond donors (Lipinski definition) is 0. The summed E-state index contributed by atoms with van der Waals surface area (Å²) in [6.07, 6.45) is 4.73. The van der Waals surface area contributed by atoms with Gasteiger partial charge in [-0.2, -0.15) is 0 Å². The molecule has 0 saturated heterocycles. The molecule has 16 heavy (non-hydrogen) atoms. The first-order valence-corrected chi connectivity index (χ1v) is 5.23. The van der Waals surface area contributed by atoms with Gasteiger partial charge in [0.25, 0.3) is 0 Å². The van der Waals surface area contributed by atoms with E-state index >= 15 is 0 Å². The third-order valence-electron chi connectivity index (χ3n) is 2.02. The molecule has 3 heteroatoms. The van der Waals surface area contributed by atoms with E-state index in [1.165, 1.54) is 5.56 Å². The SMILES string of the molecule is CCC=Nc1ccc(C(C)(C)C)cn1.[C-]#[O+]. The molecule has 0 bridgehead atoms. The van der Waals surface area contributed by atoms with Crippen LogP contribution in [0.4, 0.5) is 5.82 Å². The van der Waals surface area contributed by atoms with E-state index in [1.807, 2.05) is 18.5 Å². The molecule has 0 N–H and O–H groups in total. The number of aliphatic imine (C=N–C) groups is 1. The second-order valence-corrected chi connectivity index (χ2v) is 4.37. The van der Waals surface area contributed by atoms with Crippen LogP contribution in [-0.2, 0) is 10.1 Å². The third-order valence-corrected chi connectivity index (χ3v) is 2.02. The summed E-state index contributed by atoms with van der Waals surface area (Å²) in [6.45, 7) is 13.1. The molecule has 1 rings (SSSR count). The molecule has 0 spiro atoms. The van der Waals surface area contributed by atoms with E-state index in [2.05, 4.69) is 50.4 Å². The van der Waals surface area contributed by atoms with Crippen molar-refractivity contribution >= 4 is 12.0 Å². The van der Waals surface area contributed by atoms with Crippen LogP contribution in [0.15, 0.2) is 23.3 Å². The van der Waals surface area contributed by atoms with Crippen molar-refractivity contribution in [2.24, 2.45) is 4.99 Å². The molecular weight excluding hydrogens is 200 g/mol. The van der Waals surface area contributed by atoms with Crippen LogP contribution in [0.3, 0.4) is 0 Å². The van der Waals surface area contributed by atoms with Crippen molar-refractivity contribution < 1.29 is 4.65 Å². The van der Waals surface area contributed by atoms with Crippen molar-refractivity contribution in [2.75, 3.05) is 0 Å². The van der Waals surface area contributed by atoms with Gasteiger partial charge in [0.05, 0.1) is 0 Å². The van der Waals surface area contributed by atoms with Gasteiger partial charge in [0.1, 0.15) is 0 Å². The molecule has 0 aliphatic carbocycles. The number of hydrogen-bond acceptors (Lipinski definition) is 2. The zero-order valence-electron chi connectivity index (χ0n) is 10.3. The Kier molecular flexibility index (Phi) is 6.31. The Balaban J connectivity index is 0.00000106. The van der Waals surface area contributed by atoms with Crippen LogP contribution in [0, 0.1) is 6.65 Å². The molecule has 0 amide bonds. The van der Waals surface area contributed by atoms with E-state index in [0.29, 0.717) is 0 Å². The predicted molar refractivity (Wildman–Crippen MR) is 65.3 cm³/mol. The van der Waals surface area contributed by atoms with Crippen LogP contribution in [0.5, 0.6) is 0 Å². The average molecular weight is 218 g/mol. The molecule has 1 aromatic heterocycles. The van der Waals surface area contributed by atoms with Gasteiger partial charge in [-0.05, 0) is 23.5 Å². The normalized spacial score (nSPS) is 10.9. The summed E-state index contributed by atoms with van der Waals surface area (Å²) in [5.74, 6) is 0.792. The fraction of sp³-hybridized carbons (Fsp3) is 0.462. The van der Waals surface area contributed by atoms with Gasteiger partial charge in [-0.3, -0.25) is 0 Å². The van der Waals surface area contributed by atoms with E-state index in [-0.39, 0.29) is 5.41 Å². The zero-order valence-corrected chi connectivity index (χ0v) is 10.3. The Labute approximate surface area is 97.4 Å². The van der Waals surface area contributed by atoms with E-state index in [9.17, 15) is 0 Å². The van der Waals surface area contributed by atoms with Gasteiger partial charge < -0.3 is 0 Å². The molecule has 0 aliphatic rings. The van der Waals surface area contributed by atoms with Gasteiger partial charge in [0.15, 0.2) is 5.82 Å². The molecule has 1 heterocycles. The summed E-state index contributed by atoms with van der Waals surface area (Å²) in [5, 5.41) is 0. The monoisotopic (exact) mass is 218 g/mol. The van der Waals surface area contributed by atoms with Gasteiger partial charge in [-0.25, -0.2) is 9.98 Å². The summed E-state index contributed by atoms with van der Waals surface area (Å²) in [4.78, 5) is 8.50. The van der Waals surface area contributed by atoms with Gasteiger partial charge >= 0.3 is 11.3 Å². The van der Waals surface area contributed by atoms with Gasteiger partial charge in [-0.15, -0.1) is 0 Å². The van der Waals surface area contributed by atoms with E-state index in [4.69, 9.17) is 4.65 Å². The number of rotatable bonds is 2. The van der Waals surface area contributed by atoms with Crippen molar-refractivity contribution in [1.82, 2.24) is 4.98 Å². The molecule has 0 atom stereocenters. The van der Waals surface area contributed by atoms with Crippen LogP contribution in [0.1, 0.15) is 39.7 Å². The van der Waals surface area contributed by atoms with Crippen LogP contribution in [0.2, 0.25) is 0 Å². The Bertz CT molecular complexity index is 344. The molecule has 0 aromatic carbocycles. The minimum atomic E-state index is 0.167. The van der Waals surface area contributed by atoms with Crippen LogP contribution >= 0.6 is 0 Å². The minimum absolute atomic E-state index is 0.167. The quantitative estimate of drug-likeness (QED) is 0.426. The first-order chi connectivity index (χ1) is 7.54. The summed E-state index contributed by atoms with van der Waals surface area (Å²) < 4.78 is 7.50. The Hall–Kier alpha value is -1.44. The van der Waals surface area contributed by atoms with Crippen molar-refractivity contribution in [3.05, 3.63) is 30.5 Å². The maximum atomic E-state index is 7.50. The van der Waals surface area contributed by atoms with Gasteiger partial charge in [0, 0.05) is 12.4 Å². The molecule has 1 aromatic rings. The molecule has 0 fully saturated rings. The number of aromatic nitrogens is 1. The molecule has 0 unspecified atom stereocenters. The Morgan fingerprint density at radius 2 is 2.00 bits per heavy atom. The molecule has 0 radical (unpaired) electrons. The number of nitrogens with zero attached hydrogens (tertiary/aromatic N) is 2. The van der Waals surface area contributed by atoms with E-state index in [1.54, 1.807) is 0 Å². The van der Waals surface area contributed by atoms with Gasteiger partial charge in [-0.1, -0.05) is 33.8 Å². The first kappa shape index (κ1) is 14.6. The Morgan fingerprint density at radius 3 is 2.38 bits per heavy atom. The van der Waals surface area contributed by atoms with E-state index in [0.717, 1.165) is 12.2 Å². The van der Waals surface area contributed by atoms with Crippen LogP contribution in [-0.4, -0.2) is 11.2 Å². The van der Waals surface area contributed by atoms with E-state index < -0.39 is 0 Å². The fourth-order valence-electron chi connectivity index (χ4n) is 1.09. The second kappa shape index (κ2) is 6.94. The standard InChI is InChI=1S/C12H18N2.CO/c1-5-8-13-11-7-6-10(9-14-11)12(2,3)4;1-2/h6-9H,5H2,1-4H3;. The predicted octanol–water partition coefficient (Wildman–Crippen LogP) is 3.45. The summed E-state index contributed by atoms with van der Waals surface area (Å²) in [5.41, 5.74) is 1.41. The van der Waals surface area contributed by atoms with Gasteiger partial charge in [0.2, 0.25) is 0 Å². The summed E-state index contributed by atoms with van der Waals surface area (Å²) in [7, 11) is 0. The number of pyridine rings is 1. The maximum absolute atomic E-state index is 7.50. The van der Waals surface area contributed by atoms with Crippen LogP contribution < -0.4 is 0 Å². The molecule has 0 saturated carbocycles. The van der Waals surface area contributed by atoms with Crippen molar-refractivity contribution in [2.45, 2.75) is 39.5 Å². The zero-order chi connectivity index (χ0) is 12.6. The average Bonchev–Trinajstić information content (AvgIpc) is 2.28. The molecular formula is C13H18N2O. The van der Waals surface area contributed by atoms with Crippen molar-refractivity contribution in [3.8, 4) is 0 Å². The van der Waals surface area contributed by atoms with Crippen LogP contribution in [0.25, 0.3) is 0 Å². The fourth-order valence-corrected chi connectivity index (χ4v) is 1.09. The first-order valence-electron chi connectivity index (χ1n) is 5.23.